The van der Waals surface area contributed by atoms with Crippen molar-refractivity contribution in [2.24, 2.45) is 10.9 Å². The molecule has 1 atom stereocenters. The number of anilines is 3. The number of nitrogens with one attached hydrogen (secondary N) is 3. The first-order valence-electron chi connectivity index (χ1n) is 12.3. The lowest BCUT2D eigenvalue weighted by atomic mass is 9.79. The van der Waals surface area contributed by atoms with Crippen LogP contribution >= 0.6 is 11.3 Å². The number of rotatable bonds is 6. The van der Waals surface area contributed by atoms with Crippen molar-refractivity contribution < 1.29 is 18.0 Å². The molecule has 1 saturated carbocycles. The Labute approximate surface area is 225 Å². The van der Waals surface area contributed by atoms with Crippen LogP contribution in [0.25, 0.3) is 0 Å². The molecule has 1 aromatic heterocycles. The summed E-state index contributed by atoms with van der Waals surface area (Å²) in [5, 5.41) is 7.49. The van der Waals surface area contributed by atoms with Gasteiger partial charge in [-0.2, -0.15) is 0 Å². The molecule has 5 rings (SSSR count). The highest BCUT2D eigenvalue weighted by Crippen LogP contribution is 2.38. The van der Waals surface area contributed by atoms with Crippen LogP contribution in [-0.4, -0.2) is 44.3 Å². The zero-order valence-electron chi connectivity index (χ0n) is 20.8. The summed E-state index contributed by atoms with van der Waals surface area (Å²) in [6.07, 6.45) is 7.63. The Morgan fingerprint density at radius 3 is 2.66 bits per heavy atom. The van der Waals surface area contributed by atoms with E-state index in [9.17, 15) is 18.0 Å². The molecule has 0 radical (unpaired) electrons. The zero-order chi connectivity index (χ0) is 26.8. The van der Waals surface area contributed by atoms with Crippen molar-refractivity contribution in [1.82, 2.24) is 10.3 Å². The van der Waals surface area contributed by atoms with Crippen LogP contribution in [0, 0.1) is 5.92 Å². The molecule has 0 saturated heterocycles. The predicted octanol–water partition coefficient (Wildman–Crippen LogP) is 4.44. The predicted molar refractivity (Wildman–Crippen MR) is 148 cm³/mol. The largest absolute Gasteiger partial charge is 0.321 e. The molecule has 10 nitrogen and oxygen atoms in total. The molecular formula is C26H28N6O4S2. The average Bonchev–Trinajstić information content (AvgIpc) is 3.40. The van der Waals surface area contributed by atoms with Gasteiger partial charge in [0.25, 0.3) is 15.9 Å². The number of hydrogen-bond donors (Lipinski definition) is 3. The van der Waals surface area contributed by atoms with Crippen LogP contribution in [0.3, 0.4) is 0 Å². The second-order valence-electron chi connectivity index (χ2n) is 9.33. The van der Waals surface area contributed by atoms with Gasteiger partial charge >= 0.3 is 6.03 Å². The van der Waals surface area contributed by atoms with Gasteiger partial charge in [-0.1, -0.05) is 43.5 Å². The summed E-state index contributed by atoms with van der Waals surface area (Å²) < 4.78 is 28.0. The number of fused-ring (bicyclic) bond motifs is 1. The van der Waals surface area contributed by atoms with Crippen molar-refractivity contribution in [1.29, 1.82) is 0 Å². The molecule has 3 aromatic rings. The molecule has 38 heavy (non-hydrogen) atoms. The van der Waals surface area contributed by atoms with Gasteiger partial charge in [0.05, 0.1) is 10.6 Å². The fourth-order valence-corrected chi connectivity index (χ4v) is 6.84. The Balaban J connectivity index is 1.41. The van der Waals surface area contributed by atoms with E-state index in [-0.39, 0.29) is 27.5 Å². The number of amides is 3. The summed E-state index contributed by atoms with van der Waals surface area (Å²) in [4.78, 5) is 37.5. The van der Waals surface area contributed by atoms with Gasteiger partial charge in [0.1, 0.15) is 0 Å². The summed E-state index contributed by atoms with van der Waals surface area (Å²) in [6.45, 7) is 0. The van der Waals surface area contributed by atoms with Gasteiger partial charge in [-0.05, 0) is 37.1 Å². The quantitative estimate of drug-likeness (QED) is 0.416. The standard InChI is InChI=1S/C26H28N6O4S2/c1-32-22-13-6-5-8-18(22)17-28-26(23(32)33,19-9-3-2-4-10-19)30-24(34)29-20-11-7-12-21(16-20)38(35,36)31-25-27-14-15-37-25/h5-8,11-17,19H,2-4,9-10H2,1H3,(H,27,31)(H2,29,30,34). The third-order valence-electron chi connectivity index (χ3n) is 6.89. The van der Waals surface area contributed by atoms with E-state index < -0.39 is 21.7 Å². The summed E-state index contributed by atoms with van der Waals surface area (Å²) in [5.41, 5.74) is 0.264. The number of thiazole rings is 1. The van der Waals surface area contributed by atoms with Crippen molar-refractivity contribution in [3.05, 3.63) is 65.7 Å². The number of hydrogen-bond acceptors (Lipinski definition) is 7. The molecule has 198 valence electrons. The highest BCUT2D eigenvalue weighted by atomic mass is 32.2. The summed E-state index contributed by atoms with van der Waals surface area (Å²) in [6, 6.07) is 12.7. The van der Waals surface area contributed by atoms with Gasteiger partial charge in [-0.25, -0.2) is 18.2 Å². The number of carbonyl (C=O) groups is 2. The molecule has 1 aliphatic carbocycles. The van der Waals surface area contributed by atoms with Crippen LogP contribution in [-0.2, 0) is 14.8 Å². The van der Waals surface area contributed by atoms with E-state index in [0.717, 1.165) is 49.0 Å². The van der Waals surface area contributed by atoms with Crippen molar-refractivity contribution >= 4 is 56.0 Å². The highest BCUT2D eigenvalue weighted by Gasteiger charge is 2.49. The number of nitrogens with zero attached hydrogens (tertiary/aromatic N) is 3. The van der Waals surface area contributed by atoms with Crippen LogP contribution in [0.5, 0.6) is 0 Å². The summed E-state index contributed by atoms with van der Waals surface area (Å²) in [7, 11) is -2.22. The number of sulfonamides is 1. The summed E-state index contributed by atoms with van der Waals surface area (Å²) >= 11 is 1.16. The van der Waals surface area contributed by atoms with Gasteiger partial charge in [-0.15, -0.1) is 11.3 Å². The molecule has 3 amide bonds. The first-order chi connectivity index (χ1) is 18.3. The minimum absolute atomic E-state index is 0.0359. The molecule has 0 bridgehead atoms. The second-order valence-corrected chi connectivity index (χ2v) is 11.9. The third-order valence-corrected chi connectivity index (χ3v) is 9.05. The van der Waals surface area contributed by atoms with E-state index in [2.05, 4.69) is 20.3 Å². The fourth-order valence-electron chi connectivity index (χ4n) is 5.01. The lowest BCUT2D eigenvalue weighted by molar-refractivity contribution is -0.126. The van der Waals surface area contributed by atoms with Crippen LogP contribution in [0.2, 0.25) is 0 Å². The van der Waals surface area contributed by atoms with Crippen molar-refractivity contribution in [3.8, 4) is 0 Å². The number of carbonyl (C=O) groups excluding carboxylic acids is 2. The topological polar surface area (TPSA) is 133 Å². The molecule has 2 heterocycles. The number of urea groups is 1. The minimum Gasteiger partial charge on any atom is -0.311 e. The normalized spacial score (nSPS) is 19.9. The first-order valence-corrected chi connectivity index (χ1v) is 14.7. The van der Waals surface area contributed by atoms with E-state index in [4.69, 9.17) is 4.99 Å². The number of benzene rings is 2. The smallest absolute Gasteiger partial charge is 0.311 e. The number of aromatic nitrogens is 1. The Morgan fingerprint density at radius 2 is 1.89 bits per heavy atom. The fraction of sp³-hybridized carbons (Fsp3) is 0.308. The Hall–Kier alpha value is -3.77. The Morgan fingerprint density at radius 1 is 1.11 bits per heavy atom. The average molecular weight is 553 g/mol. The van der Waals surface area contributed by atoms with Crippen LogP contribution in [0.1, 0.15) is 37.7 Å². The maximum atomic E-state index is 13.9. The van der Waals surface area contributed by atoms with Crippen molar-refractivity contribution in [2.75, 3.05) is 22.0 Å². The molecule has 2 aliphatic rings. The molecule has 1 unspecified atom stereocenters. The first kappa shape index (κ1) is 25.9. The lowest BCUT2D eigenvalue weighted by Crippen LogP contribution is -2.63. The maximum absolute atomic E-state index is 13.9. The summed E-state index contributed by atoms with van der Waals surface area (Å²) in [5.74, 6) is -0.499. The minimum atomic E-state index is -3.91. The molecule has 1 fully saturated rings. The molecule has 12 heteroatoms. The zero-order valence-corrected chi connectivity index (χ0v) is 22.4. The highest BCUT2D eigenvalue weighted by molar-refractivity contribution is 7.93. The number of benzodiazepines with no additional fused rings is 1. The molecule has 3 N–H and O–H groups in total. The number of para-hydroxylation sites is 1. The Kier molecular flexibility index (Phi) is 7.17. The van der Waals surface area contributed by atoms with Crippen LogP contribution < -0.4 is 20.3 Å². The van der Waals surface area contributed by atoms with Gasteiger partial charge < -0.3 is 15.5 Å². The maximum Gasteiger partial charge on any atom is 0.321 e. The van der Waals surface area contributed by atoms with E-state index in [1.165, 1.54) is 24.4 Å². The van der Waals surface area contributed by atoms with Gasteiger partial charge in [0.15, 0.2) is 5.13 Å². The monoisotopic (exact) mass is 552 g/mol. The van der Waals surface area contributed by atoms with Crippen LogP contribution in [0.4, 0.5) is 21.3 Å². The van der Waals surface area contributed by atoms with Gasteiger partial charge in [-0.3, -0.25) is 14.5 Å². The molecular weight excluding hydrogens is 524 g/mol. The van der Waals surface area contributed by atoms with Crippen LogP contribution in [0.15, 0.2) is 70.0 Å². The van der Waals surface area contributed by atoms with E-state index in [0.29, 0.717) is 5.69 Å². The molecule has 0 spiro atoms. The molecule has 1 aliphatic heterocycles. The van der Waals surface area contributed by atoms with E-state index in [1.807, 2.05) is 24.3 Å². The molecule has 2 aromatic carbocycles. The van der Waals surface area contributed by atoms with Gasteiger partial charge in [0, 0.05) is 42.0 Å². The lowest BCUT2D eigenvalue weighted by Gasteiger charge is -2.40. The SMILES string of the molecule is CN1C(=O)C(NC(=O)Nc2cccc(S(=O)(=O)Nc3nccs3)c2)(C2CCCCC2)N=Cc2ccccc21. The third kappa shape index (κ3) is 5.14. The Bertz CT molecular complexity index is 1470. The van der Waals surface area contributed by atoms with Crippen molar-refractivity contribution in [2.45, 2.75) is 42.7 Å². The number of aliphatic imine (C=N–C) groups is 1. The van der Waals surface area contributed by atoms with E-state index >= 15 is 0 Å². The van der Waals surface area contributed by atoms with Crippen molar-refractivity contribution in [3.63, 3.8) is 0 Å². The second kappa shape index (κ2) is 10.5. The van der Waals surface area contributed by atoms with Gasteiger partial charge in [0.2, 0.25) is 5.66 Å². The number of likely N-dealkylation sites (N-methyl/N-ethyl adjacent to an activating group) is 1. The van der Waals surface area contributed by atoms with E-state index in [1.54, 1.807) is 29.6 Å².